The molecule has 1 atom stereocenters. The smallest absolute Gasteiger partial charge is 0.407 e. The van der Waals surface area contributed by atoms with E-state index in [0.29, 0.717) is 24.5 Å². The molecule has 186 valence electrons. The molecule has 0 spiro atoms. The fourth-order valence-electron chi connectivity index (χ4n) is 3.09. The molecule has 0 fully saturated rings. The minimum absolute atomic E-state index is 0.0999. The molecule has 2 rings (SSSR count). The predicted octanol–water partition coefficient (Wildman–Crippen LogP) is 3.60. The molecular formula is C23H31N3O7S. The van der Waals surface area contributed by atoms with Gasteiger partial charge in [0, 0.05) is 11.4 Å². The Kier molecular flexibility index (Phi) is 9.55. The van der Waals surface area contributed by atoms with Crippen LogP contribution in [-0.4, -0.2) is 47.3 Å². The number of benzene rings is 2. The summed E-state index contributed by atoms with van der Waals surface area (Å²) in [7, 11) is -1.50. The van der Waals surface area contributed by atoms with Crippen molar-refractivity contribution in [2.75, 3.05) is 30.9 Å². The molecule has 34 heavy (non-hydrogen) atoms. The Morgan fingerprint density at radius 3 is 2.21 bits per heavy atom. The molecule has 3 N–H and O–H groups in total. The third kappa shape index (κ3) is 7.55. The van der Waals surface area contributed by atoms with Crippen molar-refractivity contribution in [1.82, 2.24) is 5.32 Å². The van der Waals surface area contributed by atoms with E-state index in [2.05, 4.69) is 20.1 Å². The topological polar surface area (TPSA) is 132 Å². The zero-order valence-electron chi connectivity index (χ0n) is 19.9. The lowest BCUT2D eigenvalue weighted by atomic mass is 10.0. The van der Waals surface area contributed by atoms with Crippen LogP contribution in [0.3, 0.4) is 0 Å². The number of ether oxygens (including phenoxy) is 3. The maximum atomic E-state index is 13.1. The second-order valence-corrected chi connectivity index (χ2v) is 9.39. The number of carbonyl (C=O) groups excluding carboxylic acids is 2. The zero-order chi connectivity index (χ0) is 25.3. The number of hydrogen-bond donors (Lipinski definition) is 3. The van der Waals surface area contributed by atoms with Crippen LogP contribution >= 0.6 is 0 Å². The van der Waals surface area contributed by atoms with E-state index in [1.165, 1.54) is 32.4 Å². The molecule has 0 saturated carbocycles. The first-order valence-corrected chi connectivity index (χ1v) is 12.2. The summed E-state index contributed by atoms with van der Waals surface area (Å²) < 4.78 is 43.8. The molecule has 0 bridgehead atoms. The van der Waals surface area contributed by atoms with E-state index in [1.54, 1.807) is 24.3 Å². The molecule has 2 amide bonds. The van der Waals surface area contributed by atoms with Gasteiger partial charge in [0.1, 0.15) is 22.4 Å². The molecule has 2 aromatic rings. The SMILES string of the molecule is CCOc1ccc(NS(=O)(=O)c2cc(NC(=O)C(CC(C)C)NC(=O)OC)ccc2OC)cc1. The van der Waals surface area contributed by atoms with Gasteiger partial charge in [-0.15, -0.1) is 0 Å². The third-order valence-corrected chi connectivity index (χ3v) is 6.04. The quantitative estimate of drug-likeness (QED) is 0.436. The number of nitrogens with one attached hydrogen (secondary N) is 3. The Labute approximate surface area is 200 Å². The molecule has 0 aliphatic heterocycles. The van der Waals surface area contributed by atoms with E-state index < -0.39 is 28.1 Å². The summed E-state index contributed by atoms with van der Waals surface area (Å²) >= 11 is 0. The molecule has 11 heteroatoms. The van der Waals surface area contributed by atoms with E-state index in [4.69, 9.17) is 9.47 Å². The van der Waals surface area contributed by atoms with Gasteiger partial charge in [0.15, 0.2) is 0 Å². The number of methoxy groups -OCH3 is 2. The normalized spacial score (nSPS) is 11.9. The van der Waals surface area contributed by atoms with Gasteiger partial charge in [0.25, 0.3) is 10.0 Å². The Bertz CT molecular complexity index is 1090. The van der Waals surface area contributed by atoms with Crippen molar-refractivity contribution in [3.05, 3.63) is 42.5 Å². The summed E-state index contributed by atoms with van der Waals surface area (Å²) in [4.78, 5) is 24.3. The van der Waals surface area contributed by atoms with E-state index in [0.717, 1.165) is 0 Å². The minimum Gasteiger partial charge on any atom is -0.495 e. The van der Waals surface area contributed by atoms with Crippen LogP contribution in [-0.2, 0) is 19.6 Å². The molecule has 0 aromatic heterocycles. The van der Waals surface area contributed by atoms with Gasteiger partial charge in [0.2, 0.25) is 5.91 Å². The molecular weight excluding hydrogens is 462 g/mol. The van der Waals surface area contributed by atoms with Gasteiger partial charge in [-0.2, -0.15) is 0 Å². The average Bonchev–Trinajstić information content (AvgIpc) is 2.79. The van der Waals surface area contributed by atoms with Crippen LogP contribution < -0.4 is 24.8 Å². The fraction of sp³-hybridized carbons (Fsp3) is 0.391. The summed E-state index contributed by atoms with van der Waals surface area (Å²) in [5.41, 5.74) is 0.553. The van der Waals surface area contributed by atoms with Gasteiger partial charge in [-0.25, -0.2) is 13.2 Å². The predicted molar refractivity (Wildman–Crippen MR) is 129 cm³/mol. The Morgan fingerprint density at radius 1 is 1.00 bits per heavy atom. The summed E-state index contributed by atoms with van der Waals surface area (Å²) in [6.07, 6.45) is -0.375. The summed E-state index contributed by atoms with van der Waals surface area (Å²) in [6.45, 7) is 6.16. The van der Waals surface area contributed by atoms with Gasteiger partial charge in [-0.05, 0) is 61.7 Å². The second kappa shape index (κ2) is 12.1. The zero-order valence-corrected chi connectivity index (χ0v) is 20.7. The Hall–Kier alpha value is -3.47. The van der Waals surface area contributed by atoms with Crippen molar-refractivity contribution in [2.24, 2.45) is 5.92 Å². The van der Waals surface area contributed by atoms with E-state index in [9.17, 15) is 18.0 Å². The van der Waals surface area contributed by atoms with Gasteiger partial charge in [-0.1, -0.05) is 13.8 Å². The molecule has 10 nitrogen and oxygen atoms in total. The van der Waals surface area contributed by atoms with Crippen LogP contribution in [0.25, 0.3) is 0 Å². The number of rotatable bonds is 11. The van der Waals surface area contributed by atoms with Crippen molar-refractivity contribution < 1.29 is 32.2 Å². The highest BCUT2D eigenvalue weighted by Crippen LogP contribution is 2.29. The maximum absolute atomic E-state index is 13.1. The number of carbonyl (C=O) groups is 2. The second-order valence-electron chi connectivity index (χ2n) is 7.74. The van der Waals surface area contributed by atoms with Gasteiger partial charge in [0.05, 0.1) is 20.8 Å². The average molecular weight is 494 g/mol. The number of anilines is 2. The van der Waals surface area contributed by atoms with Crippen molar-refractivity contribution in [1.29, 1.82) is 0 Å². The summed E-state index contributed by atoms with van der Waals surface area (Å²) in [5, 5.41) is 5.15. The van der Waals surface area contributed by atoms with Gasteiger partial charge >= 0.3 is 6.09 Å². The Morgan fingerprint density at radius 2 is 1.65 bits per heavy atom. The maximum Gasteiger partial charge on any atom is 0.407 e. The van der Waals surface area contributed by atoms with Crippen LogP contribution in [0, 0.1) is 5.92 Å². The number of hydrogen-bond acceptors (Lipinski definition) is 7. The molecule has 0 heterocycles. The van der Waals surface area contributed by atoms with Crippen LogP contribution in [0.15, 0.2) is 47.4 Å². The van der Waals surface area contributed by atoms with Crippen molar-refractivity contribution >= 4 is 33.4 Å². The van der Waals surface area contributed by atoms with E-state index in [1.807, 2.05) is 20.8 Å². The van der Waals surface area contributed by atoms with E-state index in [-0.39, 0.29) is 22.3 Å². The lowest BCUT2D eigenvalue weighted by Crippen LogP contribution is -2.44. The first kappa shape index (κ1) is 26.8. The van der Waals surface area contributed by atoms with E-state index >= 15 is 0 Å². The monoisotopic (exact) mass is 493 g/mol. The highest BCUT2D eigenvalue weighted by molar-refractivity contribution is 7.92. The standard InChI is InChI=1S/C23H31N3O7S/c1-6-33-18-10-7-16(8-11-18)26-34(29,30)21-14-17(9-12-20(21)31-4)24-22(27)19(13-15(2)3)25-23(28)32-5/h7-12,14-15,19,26H,6,13H2,1-5H3,(H,24,27)(H,25,28). The van der Waals surface area contributed by atoms with Gasteiger partial charge < -0.3 is 24.8 Å². The molecule has 2 aromatic carbocycles. The molecule has 0 saturated heterocycles. The first-order chi connectivity index (χ1) is 16.1. The number of sulfonamides is 1. The number of amides is 2. The van der Waals surface area contributed by atoms with Crippen LogP contribution in [0.2, 0.25) is 0 Å². The lowest BCUT2D eigenvalue weighted by molar-refractivity contribution is -0.118. The number of alkyl carbamates (subject to hydrolysis) is 1. The van der Waals surface area contributed by atoms with Crippen LogP contribution in [0.4, 0.5) is 16.2 Å². The lowest BCUT2D eigenvalue weighted by Gasteiger charge is -2.20. The minimum atomic E-state index is -4.06. The largest absolute Gasteiger partial charge is 0.495 e. The fourth-order valence-corrected chi connectivity index (χ4v) is 4.35. The molecule has 1 unspecified atom stereocenters. The van der Waals surface area contributed by atoms with Crippen molar-refractivity contribution in [3.8, 4) is 11.5 Å². The van der Waals surface area contributed by atoms with Crippen LogP contribution in [0.5, 0.6) is 11.5 Å². The van der Waals surface area contributed by atoms with Gasteiger partial charge in [-0.3, -0.25) is 9.52 Å². The first-order valence-electron chi connectivity index (χ1n) is 10.7. The third-order valence-electron chi connectivity index (χ3n) is 4.64. The molecule has 0 radical (unpaired) electrons. The molecule has 0 aliphatic rings. The van der Waals surface area contributed by atoms with Crippen molar-refractivity contribution in [2.45, 2.75) is 38.1 Å². The highest BCUT2D eigenvalue weighted by Gasteiger charge is 2.25. The van der Waals surface area contributed by atoms with Crippen LogP contribution in [0.1, 0.15) is 27.2 Å². The summed E-state index contributed by atoms with van der Waals surface area (Å²) in [6, 6.07) is 9.84. The van der Waals surface area contributed by atoms with Crippen molar-refractivity contribution in [3.63, 3.8) is 0 Å². The highest BCUT2D eigenvalue weighted by atomic mass is 32.2. The Balaban J connectivity index is 2.28. The summed E-state index contributed by atoms with van der Waals surface area (Å²) in [5.74, 6) is 0.317. The molecule has 0 aliphatic carbocycles.